The molecule has 0 fully saturated rings. The number of phenols is 1. The molecule has 0 saturated carbocycles. The highest BCUT2D eigenvalue weighted by Gasteiger charge is 2.33. The van der Waals surface area contributed by atoms with Crippen LogP contribution in [0.5, 0.6) is 11.5 Å². The molecule has 7 nitrogen and oxygen atoms in total. The van der Waals surface area contributed by atoms with E-state index in [0.29, 0.717) is 26.2 Å². The molecule has 0 amide bonds. The summed E-state index contributed by atoms with van der Waals surface area (Å²) < 4.78 is 12.4. The topological polar surface area (TPSA) is 90.1 Å². The van der Waals surface area contributed by atoms with Crippen molar-refractivity contribution in [2.75, 3.05) is 13.7 Å². The molecule has 32 heavy (non-hydrogen) atoms. The zero-order chi connectivity index (χ0) is 23.0. The minimum atomic E-state index is -0.620. The number of fused-ring (bicyclic) bond motifs is 1. The van der Waals surface area contributed by atoms with Crippen molar-refractivity contribution in [3.63, 3.8) is 0 Å². The average molecular weight is 491 g/mol. The SMILES string of the molecule is CCOC(=O)C1=C(C)N=c2s/c(=C\c3cc(Cl)c(O)c(OC)c3)c(=O)n2[C@H]1c1cccs1. The first-order valence-corrected chi connectivity index (χ1v) is 11.7. The third-order valence-corrected chi connectivity index (χ3v) is 7.09. The van der Waals surface area contributed by atoms with Crippen LogP contribution in [0.1, 0.15) is 30.3 Å². The van der Waals surface area contributed by atoms with Gasteiger partial charge in [0, 0.05) is 4.88 Å². The fraction of sp³-hybridized carbons (Fsp3) is 0.227. The van der Waals surface area contributed by atoms with E-state index in [0.717, 1.165) is 4.88 Å². The number of nitrogens with zero attached hydrogens (tertiary/aromatic N) is 2. The summed E-state index contributed by atoms with van der Waals surface area (Å²) in [6, 6.07) is 6.27. The Morgan fingerprint density at radius 3 is 2.84 bits per heavy atom. The van der Waals surface area contributed by atoms with Gasteiger partial charge in [-0.15, -0.1) is 11.3 Å². The van der Waals surface area contributed by atoms with Crippen molar-refractivity contribution >= 4 is 46.3 Å². The number of allylic oxidation sites excluding steroid dienone is 1. The van der Waals surface area contributed by atoms with Gasteiger partial charge in [-0.3, -0.25) is 9.36 Å². The van der Waals surface area contributed by atoms with Crippen molar-refractivity contribution in [2.45, 2.75) is 19.9 Å². The number of aromatic hydroxyl groups is 1. The highest BCUT2D eigenvalue weighted by molar-refractivity contribution is 7.10. The number of benzene rings is 1. The Morgan fingerprint density at radius 1 is 1.41 bits per heavy atom. The van der Waals surface area contributed by atoms with Gasteiger partial charge in [0.1, 0.15) is 6.04 Å². The van der Waals surface area contributed by atoms with Crippen molar-refractivity contribution in [3.05, 3.63) is 76.1 Å². The standard InChI is InChI=1S/C22H19ClN2O5S2/c1-4-30-21(28)17-11(2)24-22-25(18(17)15-6-5-7-31-15)20(27)16(32-22)10-12-8-13(23)19(26)14(9-12)29-3/h5-10,18,26H,4H2,1-3H3/b16-10-/t18-/m0/s1. The van der Waals surface area contributed by atoms with Crippen LogP contribution in [0.4, 0.5) is 0 Å². The van der Waals surface area contributed by atoms with E-state index in [1.807, 2.05) is 17.5 Å². The van der Waals surface area contributed by atoms with Crippen molar-refractivity contribution in [1.82, 2.24) is 4.57 Å². The Kier molecular flexibility index (Phi) is 6.23. The molecule has 3 aromatic rings. The Labute approximate surface area is 196 Å². The van der Waals surface area contributed by atoms with E-state index in [1.54, 1.807) is 32.1 Å². The number of halogens is 1. The second-order valence-electron chi connectivity index (χ2n) is 6.87. The monoisotopic (exact) mass is 490 g/mol. The Balaban J connectivity index is 1.93. The highest BCUT2D eigenvalue weighted by Crippen LogP contribution is 2.35. The second kappa shape index (κ2) is 8.93. The lowest BCUT2D eigenvalue weighted by atomic mass is 10.0. The largest absolute Gasteiger partial charge is 0.503 e. The fourth-order valence-electron chi connectivity index (χ4n) is 3.49. The molecule has 1 aliphatic rings. The number of carbonyl (C=O) groups excluding carboxylic acids is 1. The summed E-state index contributed by atoms with van der Waals surface area (Å²) >= 11 is 8.76. The van der Waals surface area contributed by atoms with Gasteiger partial charge < -0.3 is 14.6 Å². The van der Waals surface area contributed by atoms with Gasteiger partial charge in [-0.2, -0.15) is 0 Å². The molecule has 0 unspecified atom stereocenters. The van der Waals surface area contributed by atoms with Crippen LogP contribution < -0.4 is 19.6 Å². The van der Waals surface area contributed by atoms with Crippen LogP contribution in [0.2, 0.25) is 5.02 Å². The number of hydrogen-bond donors (Lipinski definition) is 1. The van der Waals surface area contributed by atoms with Gasteiger partial charge >= 0.3 is 5.97 Å². The maximum absolute atomic E-state index is 13.5. The number of phenolic OH excluding ortho intramolecular Hbond substituents is 1. The summed E-state index contributed by atoms with van der Waals surface area (Å²) in [6.07, 6.45) is 1.66. The van der Waals surface area contributed by atoms with Crippen LogP contribution in [-0.4, -0.2) is 29.4 Å². The van der Waals surface area contributed by atoms with Crippen LogP contribution in [0.3, 0.4) is 0 Å². The molecule has 0 spiro atoms. The second-order valence-corrected chi connectivity index (χ2v) is 9.27. The lowest BCUT2D eigenvalue weighted by Gasteiger charge is -2.23. The molecule has 0 radical (unpaired) electrons. The van der Waals surface area contributed by atoms with E-state index in [-0.39, 0.29) is 28.7 Å². The van der Waals surface area contributed by atoms with E-state index in [1.165, 1.54) is 34.4 Å². The number of carbonyl (C=O) groups is 1. The predicted molar refractivity (Wildman–Crippen MR) is 124 cm³/mol. The van der Waals surface area contributed by atoms with Gasteiger partial charge in [0.05, 0.1) is 34.5 Å². The molecule has 2 aromatic heterocycles. The third kappa shape index (κ3) is 3.87. The van der Waals surface area contributed by atoms with Gasteiger partial charge in [-0.25, -0.2) is 9.79 Å². The Bertz CT molecular complexity index is 1400. The number of hydrogen-bond acceptors (Lipinski definition) is 8. The van der Waals surface area contributed by atoms with Crippen molar-refractivity contribution in [2.24, 2.45) is 4.99 Å². The smallest absolute Gasteiger partial charge is 0.338 e. The molecule has 166 valence electrons. The highest BCUT2D eigenvalue weighted by atomic mass is 35.5. The molecular weight excluding hydrogens is 472 g/mol. The molecule has 0 aliphatic carbocycles. The molecule has 4 rings (SSSR count). The van der Waals surface area contributed by atoms with Crippen molar-refractivity contribution in [1.29, 1.82) is 0 Å². The predicted octanol–water partition coefficient (Wildman–Crippen LogP) is 3.23. The van der Waals surface area contributed by atoms with E-state index in [4.69, 9.17) is 21.1 Å². The van der Waals surface area contributed by atoms with Crippen LogP contribution in [0, 0.1) is 0 Å². The van der Waals surface area contributed by atoms with Gasteiger partial charge in [-0.1, -0.05) is 29.0 Å². The maximum atomic E-state index is 13.5. The van der Waals surface area contributed by atoms with Gasteiger partial charge in [-0.05, 0) is 49.1 Å². The van der Waals surface area contributed by atoms with Crippen LogP contribution in [0.15, 0.2) is 50.7 Å². The summed E-state index contributed by atoms with van der Waals surface area (Å²) in [4.78, 5) is 32.1. The molecule has 1 aliphatic heterocycles. The molecule has 10 heteroatoms. The van der Waals surface area contributed by atoms with Gasteiger partial charge in [0.25, 0.3) is 5.56 Å². The van der Waals surface area contributed by atoms with E-state index in [2.05, 4.69) is 4.99 Å². The summed E-state index contributed by atoms with van der Waals surface area (Å²) in [5.41, 5.74) is 1.17. The third-order valence-electron chi connectivity index (χ3n) is 4.90. The Morgan fingerprint density at radius 2 is 2.19 bits per heavy atom. The van der Waals surface area contributed by atoms with E-state index < -0.39 is 12.0 Å². The first-order valence-electron chi connectivity index (χ1n) is 9.65. The zero-order valence-corrected chi connectivity index (χ0v) is 19.8. The quantitative estimate of drug-likeness (QED) is 0.554. The number of esters is 1. The summed E-state index contributed by atoms with van der Waals surface area (Å²) in [7, 11) is 1.42. The zero-order valence-electron chi connectivity index (χ0n) is 17.4. The maximum Gasteiger partial charge on any atom is 0.338 e. The first kappa shape index (κ1) is 22.3. The molecule has 1 atom stereocenters. The van der Waals surface area contributed by atoms with Crippen LogP contribution in [0.25, 0.3) is 6.08 Å². The number of thiazole rings is 1. The average Bonchev–Trinajstić information content (AvgIpc) is 3.38. The lowest BCUT2D eigenvalue weighted by molar-refractivity contribution is -0.139. The summed E-state index contributed by atoms with van der Waals surface area (Å²) in [6.45, 7) is 3.70. The molecule has 0 bridgehead atoms. The van der Waals surface area contributed by atoms with Crippen molar-refractivity contribution < 1.29 is 19.4 Å². The minimum Gasteiger partial charge on any atom is -0.503 e. The number of rotatable bonds is 5. The summed E-state index contributed by atoms with van der Waals surface area (Å²) in [5.74, 6) is -0.454. The van der Waals surface area contributed by atoms with Crippen LogP contribution in [-0.2, 0) is 9.53 Å². The van der Waals surface area contributed by atoms with E-state index >= 15 is 0 Å². The number of methoxy groups -OCH3 is 1. The normalized spacial score (nSPS) is 16.0. The van der Waals surface area contributed by atoms with Crippen LogP contribution >= 0.6 is 34.3 Å². The molecule has 0 saturated heterocycles. The summed E-state index contributed by atoms with van der Waals surface area (Å²) in [5, 5.41) is 12.0. The lowest BCUT2D eigenvalue weighted by Crippen LogP contribution is -2.39. The number of ether oxygens (including phenoxy) is 2. The van der Waals surface area contributed by atoms with Gasteiger partial charge in [0.15, 0.2) is 16.3 Å². The van der Waals surface area contributed by atoms with Crippen molar-refractivity contribution in [3.8, 4) is 11.5 Å². The first-order chi connectivity index (χ1) is 15.3. The molecular formula is C22H19ClN2O5S2. The van der Waals surface area contributed by atoms with Gasteiger partial charge in [0.2, 0.25) is 0 Å². The molecule has 1 aromatic carbocycles. The number of thiophene rings is 1. The molecule has 3 heterocycles. The molecule has 1 N–H and O–H groups in total. The Hall–Kier alpha value is -2.88. The minimum absolute atomic E-state index is 0.111. The number of aromatic nitrogens is 1. The fourth-order valence-corrected chi connectivity index (χ4v) is 5.58. The van der Waals surface area contributed by atoms with E-state index in [9.17, 15) is 14.7 Å².